The van der Waals surface area contributed by atoms with Crippen LogP contribution in [0.4, 0.5) is 5.69 Å². The Hall–Kier alpha value is -3.06. The van der Waals surface area contributed by atoms with Crippen molar-refractivity contribution < 1.29 is 0 Å². The van der Waals surface area contributed by atoms with Crippen LogP contribution >= 0.6 is 0 Å². The minimum atomic E-state index is 0.921. The van der Waals surface area contributed by atoms with E-state index in [-0.39, 0.29) is 0 Å². The van der Waals surface area contributed by atoms with Crippen molar-refractivity contribution in [3.05, 3.63) is 102 Å². The molecule has 130 valence electrons. The molecule has 0 amide bonds. The van der Waals surface area contributed by atoms with Crippen LogP contribution in [-0.4, -0.2) is 7.05 Å². The van der Waals surface area contributed by atoms with Gasteiger partial charge in [-0.1, -0.05) is 91.0 Å². The van der Waals surface area contributed by atoms with E-state index in [1.807, 2.05) is 13.1 Å². The molecule has 0 aromatic heterocycles. The number of rotatable bonds is 6. The van der Waals surface area contributed by atoms with Gasteiger partial charge in [0.05, 0.1) is 0 Å². The summed E-state index contributed by atoms with van der Waals surface area (Å²) in [5.74, 6) is 0. The molecule has 0 aliphatic carbocycles. The third kappa shape index (κ3) is 4.31. The molecule has 0 bridgehead atoms. The summed E-state index contributed by atoms with van der Waals surface area (Å²) < 4.78 is 0. The Bertz CT molecular complexity index is 890. The number of allylic oxidation sites excluding steroid dienone is 3. The Morgan fingerprint density at radius 2 is 1.54 bits per heavy atom. The Balaban J connectivity index is 1.78. The lowest BCUT2D eigenvalue weighted by molar-refractivity contribution is 1.38. The van der Waals surface area contributed by atoms with Crippen LogP contribution in [0.5, 0.6) is 0 Å². The van der Waals surface area contributed by atoms with E-state index in [1.165, 1.54) is 27.8 Å². The maximum Gasteiger partial charge on any atom is 0.0417 e. The Labute approximate surface area is 156 Å². The molecular formula is C25H25N. The number of anilines is 1. The highest BCUT2D eigenvalue weighted by atomic mass is 14.8. The van der Waals surface area contributed by atoms with E-state index in [0.717, 1.165) is 12.1 Å². The fourth-order valence-corrected chi connectivity index (χ4v) is 3.10. The molecule has 0 aliphatic heterocycles. The van der Waals surface area contributed by atoms with Crippen molar-refractivity contribution in [3.8, 4) is 11.1 Å². The van der Waals surface area contributed by atoms with E-state index in [9.17, 15) is 0 Å². The van der Waals surface area contributed by atoms with Gasteiger partial charge < -0.3 is 5.32 Å². The van der Waals surface area contributed by atoms with Crippen molar-refractivity contribution >= 4 is 17.3 Å². The maximum atomic E-state index is 3.32. The zero-order valence-electron chi connectivity index (χ0n) is 15.4. The van der Waals surface area contributed by atoms with Crippen LogP contribution in [0.15, 0.2) is 91.0 Å². The quantitative estimate of drug-likeness (QED) is 0.515. The smallest absolute Gasteiger partial charge is 0.0417 e. The van der Waals surface area contributed by atoms with Gasteiger partial charge in [-0.15, -0.1) is 0 Å². The topological polar surface area (TPSA) is 12.0 Å². The molecule has 0 radical (unpaired) electrons. The lowest BCUT2D eigenvalue weighted by atomic mass is 10.00. The van der Waals surface area contributed by atoms with E-state index in [4.69, 9.17) is 0 Å². The molecule has 1 nitrogen and oxygen atoms in total. The average Bonchev–Trinajstić information content (AvgIpc) is 2.72. The second-order valence-electron chi connectivity index (χ2n) is 6.20. The highest BCUT2D eigenvalue weighted by Crippen LogP contribution is 2.27. The summed E-state index contributed by atoms with van der Waals surface area (Å²) in [7, 11) is 1.97. The molecule has 1 N–H and O–H groups in total. The van der Waals surface area contributed by atoms with Gasteiger partial charge in [-0.2, -0.15) is 0 Å². The molecule has 3 rings (SSSR count). The summed E-state index contributed by atoms with van der Waals surface area (Å²) in [6.45, 7) is 2.10. The maximum absolute atomic E-state index is 3.32. The van der Waals surface area contributed by atoms with Crippen LogP contribution in [0.1, 0.15) is 24.5 Å². The fraction of sp³-hybridized carbons (Fsp3) is 0.120. The molecule has 0 fully saturated rings. The van der Waals surface area contributed by atoms with Crippen molar-refractivity contribution in [2.45, 2.75) is 13.3 Å². The van der Waals surface area contributed by atoms with Crippen LogP contribution in [-0.2, 0) is 0 Å². The molecule has 0 spiro atoms. The molecule has 0 saturated heterocycles. The first-order valence-corrected chi connectivity index (χ1v) is 9.06. The molecular weight excluding hydrogens is 314 g/mol. The first-order valence-electron chi connectivity index (χ1n) is 9.06. The van der Waals surface area contributed by atoms with Gasteiger partial charge in [0.25, 0.3) is 0 Å². The number of hydrogen-bond acceptors (Lipinski definition) is 1. The fourth-order valence-electron chi connectivity index (χ4n) is 3.10. The van der Waals surface area contributed by atoms with Gasteiger partial charge in [-0.05, 0) is 47.2 Å². The molecule has 1 heteroatoms. The minimum absolute atomic E-state index is 0.921. The molecule has 0 unspecified atom stereocenters. The summed E-state index contributed by atoms with van der Waals surface area (Å²) in [4.78, 5) is 0. The van der Waals surface area contributed by atoms with Gasteiger partial charge in [-0.3, -0.25) is 0 Å². The average molecular weight is 339 g/mol. The first kappa shape index (κ1) is 17.8. The highest BCUT2D eigenvalue weighted by molar-refractivity contribution is 5.76. The standard InChI is InChI=1S/C25H25N/c1-3-20(21-11-6-4-7-12-21)15-10-16-23-17-18-24(19-25(23)26-2)22-13-8-5-9-14-22/h3-14,16-19,26H,15H2,1-2H3/b16-10?,20-3+. The summed E-state index contributed by atoms with van der Waals surface area (Å²) >= 11 is 0. The number of hydrogen-bond donors (Lipinski definition) is 1. The Morgan fingerprint density at radius 3 is 2.19 bits per heavy atom. The summed E-state index contributed by atoms with van der Waals surface area (Å²) in [6, 6.07) is 27.6. The van der Waals surface area contributed by atoms with Crippen LogP contribution in [0.25, 0.3) is 22.8 Å². The van der Waals surface area contributed by atoms with E-state index in [0.29, 0.717) is 0 Å². The second-order valence-corrected chi connectivity index (χ2v) is 6.20. The minimum Gasteiger partial charge on any atom is -0.388 e. The number of benzene rings is 3. The monoisotopic (exact) mass is 339 g/mol. The first-order chi connectivity index (χ1) is 12.8. The Morgan fingerprint density at radius 1 is 0.846 bits per heavy atom. The summed E-state index contributed by atoms with van der Waals surface area (Å²) in [5, 5.41) is 3.32. The lowest BCUT2D eigenvalue weighted by Gasteiger charge is -2.09. The zero-order valence-corrected chi connectivity index (χ0v) is 15.4. The Kier molecular flexibility index (Phi) is 6.05. The van der Waals surface area contributed by atoms with Crippen molar-refractivity contribution in [1.29, 1.82) is 0 Å². The third-order valence-corrected chi connectivity index (χ3v) is 4.56. The van der Waals surface area contributed by atoms with Gasteiger partial charge in [0, 0.05) is 12.7 Å². The summed E-state index contributed by atoms with van der Waals surface area (Å²) in [6.07, 6.45) is 7.55. The molecule has 0 heterocycles. The van der Waals surface area contributed by atoms with E-state index >= 15 is 0 Å². The lowest BCUT2D eigenvalue weighted by Crippen LogP contribution is -1.92. The van der Waals surface area contributed by atoms with Gasteiger partial charge in [0.1, 0.15) is 0 Å². The van der Waals surface area contributed by atoms with Crippen LogP contribution in [0.2, 0.25) is 0 Å². The normalized spacial score (nSPS) is 11.7. The van der Waals surface area contributed by atoms with Gasteiger partial charge in [-0.25, -0.2) is 0 Å². The van der Waals surface area contributed by atoms with E-state index in [2.05, 4.69) is 103 Å². The SMILES string of the molecule is C/C=C(\CC=Cc1ccc(-c2ccccc2)cc1NC)c1ccccc1. The molecule has 0 atom stereocenters. The van der Waals surface area contributed by atoms with E-state index < -0.39 is 0 Å². The number of nitrogens with one attached hydrogen (secondary N) is 1. The molecule has 26 heavy (non-hydrogen) atoms. The van der Waals surface area contributed by atoms with Gasteiger partial charge in [0.15, 0.2) is 0 Å². The molecule has 3 aromatic rings. The van der Waals surface area contributed by atoms with Crippen LogP contribution < -0.4 is 5.32 Å². The highest BCUT2D eigenvalue weighted by Gasteiger charge is 2.03. The van der Waals surface area contributed by atoms with Crippen molar-refractivity contribution in [3.63, 3.8) is 0 Å². The van der Waals surface area contributed by atoms with Gasteiger partial charge in [0.2, 0.25) is 0 Å². The third-order valence-electron chi connectivity index (χ3n) is 4.56. The van der Waals surface area contributed by atoms with Crippen molar-refractivity contribution in [2.75, 3.05) is 12.4 Å². The van der Waals surface area contributed by atoms with Crippen LogP contribution in [0, 0.1) is 0 Å². The van der Waals surface area contributed by atoms with E-state index in [1.54, 1.807) is 0 Å². The van der Waals surface area contributed by atoms with Gasteiger partial charge >= 0.3 is 0 Å². The van der Waals surface area contributed by atoms with Crippen molar-refractivity contribution in [1.82, 2.24) is 0 Å². The van der Waals surface area contributed by atoms with Crippen molar-refractivity contribution in [2.24, 2.45) is 0 Å². The second kappa shape index (κ2) is 8.87. The predicted octanol–water partition coefficient (Wildman–Crippen LogP) is 6.90. The summed E-state index contributed by atoms with van der Waals surface area (Å²) in [5.41, 5.74) is 7.44. The largest absolute Gasteiger partial charge is 0.388 e. The zero-order chi connectivity index (χ0) is 18.2. The molecule has 0 aliphatic rings. The van der Waals surface area contributed by atoms with Crippen LogP contribution in [0.3, 0.4) is 0 Å². The molecule has 0 saturated carbocycles. The predicted molar refractivity (Wildman–Crippen MR) is 115 cm³/mol. The molecule has 3 aromatic carbocycles.